The third kappa shape index (κ3) is 3.85. The van der Waals surface area contributed by atoms with Crippen molar-refractivity contribution in [2.45, 2.75) is 12.4 Å². The predicted octanol–water partition coefficient (Wildman–Crippen LogP) is 1.29. The minimum Gasteiger partial charge on any atom is -0.447 e. The second-order valence-corrected chi connectivity index (χ2v) is 2.76. The molecule has 0 saturated carbocycles. The van der Waals surface area contributed by atoms with E-state index in [2.05, 4.69) is 31.8 Å². The van der Waals surface area contributed by atoms with Crippen molar-refractivity contribution in [1.82, 2.24) is 0 Å². The summed E-state index contributed by atoms with van der Waals surface area (Å²) in [6, 6.07) is 0. The molecular weight excluding hydrogens is 168 g/mol. The summed E-state index contributed by atoms with van der Waals surface area (Å²) >= 11 is 7.78. The van der Waals surface area contributed by atoms with E-state index in [9.17, 15) is 4.79 Å². The summed E-state index contributed by atoms with van der Waals surface area (Å²) in [5, 5.41) is 0. The van der Waals surface area contributed by atoms with Crippen molar-refractivity contribution < 1.29 is 9.53 Å². The second kappa shape index (κ2) is 4.68. The summed E-state index contributed by atoms with van der Waals surface area (Å²) in [5.74, 6) is -0.0173. The van der Waals surface area contributed by atoms with Crippen LogP contribution in [0.1, 0.15) is 6.92 Å². The van der Waals surface area contributed by atoms with Crippen LogP contribution in [0, 0.1) is 0 Å². The average Bonchev–Trinajstić information content (AvgIpc) is 1.87. The third-order valence-corrected chi connectivity index (χ3v) is 1.66. The molecule has 1 unspecified atom stereocenters. The maximum Gasteiger partial charge on any atom is 0.334 e. The molecule has 0 aromatic carbocycles. The van der Waals surface area contributed by atoms with E-state index in [1.165, 1.54) is 0 Å². The Morgan fingerprint density at radius 1 is 1.80 bits per heavy atom. The summed E-state index contributed by atoms with van der Waals surface area (Å²) in [5.41, 5.74) is -0.0617. The lowest BCUT2D eigenvalue weighted by Crippen LogP contribution is -2.14. The number of hydrogen-bond donors (Lipinski definition) is 2. The number of esters is 1. The van der Waals surface area contributed by atoms with Gasteiger partial charge >= 0.3 is 5.97 Å². The molecule has 0 spiro atoms. The molecule has 4 heteroatoms. The van der Waals surface area contributed by atoms with Gasteiger partial charge in [0.05, 0.1) is 0 Å². The minimum absolute atomic E-state index is 0.376. The van der Waals surface area contributed by atoms with Gasteiger partial charge in [-0.2, -0.15) is 12.6 Å². The molecule has 0 radical (unpaired) electrons. The van der Waals surface area contributed by atoms with Crippen molar-refractivity contribution in [3.63, 3.8) is 0 Å². The highest BCUT2D eigenvalue weighted by Crippen LogP contribution is 2.03. The van der Waals surface area contributed by atoms with Crippen LogP contribution in [0.3, 0.4) is 0 Å². The lowest BCUT2D eigenvalue weighted by molar-refractivity contribution is -0.139. The first-order valence-corrected chi connectivity index (χ1v) is 3.88. The van der Waals surface area contributed by atoms with Crippen LogP contribution in [-0.2, 0) is 9.53 Å². The van der Waals surface area contributed by atoms with E-state index in [1.54, 1.807) is 6.92 Å². The third-order valence-electron chi connectivity index (χ3n) is 0.748. The van der Waals surface area contributed by atoms with E-state index < -0.39 is 11.4 Å². The fraction of sp³-hybridized carbons (Fsp3) is 0.500. The monoisotopic (exact) mass is 178 g/mol. The number of carbonyl (C=O) groups is 1. The summed E-state index contributed by atoms with van der Waals surface area (Å²) < 4.78 is 4.71. The lowest BCUT2D eigenvalue weighted by atomic mass is 10.4. The molecule has 0 aliphatic heterocycles. The maximum atomic E-state index is 10.7. The molecule has 0 saturated heterocycles. The van der Waals surface area contributed by atoms with Gasteiger partial charge in [-0.1, -0.05) is 6.58 Å². The molecular formula is C6H10O2S2. The van der Waals surface area contributed by atoms with E-state index in [-0.39, 0.29) is 0 Å². The molecule has 0 aliphatic carbocycles. The Morgan fingerprint density at radius 3 is 2.60 bits per heavy atom. The van der Waals surface area contributed by atoms with Gasteiger partial charge in [-0.3, -0.25) is 0 Å². The number of hydrogen-bond acceptors (Lipinski definition) is 4. The lowest BCUT2D eigenvalue weighted by Gasteiger charge is -2.08. The van der Waals surface area contributed by atoms with Gasteiger partial charge in [0.1, 0.15) is 0 Å². The molecule has 58 valence electrons. The number of thiol groups is 2. The van der Waals surface area contributed by atoms with Crippen molar-refractivity contribution >= 4 is 31.2 Å². The number of carbonyl (C=O) groups excluding carboxylic acids is 1. The molecule has 2 nitrogen and oxygen atoms in total. The van der Waals surface area contributed by atoms with Crippen LogP contribution in [0.4, 0.5) is 0 Å². The molecule has 0 N–H and O–H groups in total. The Kier molecular flexibility index (Phi) is 4.64. The van der Waals surface area contributed by atoms with Crippen molar-refractivity contribution in [2.75, 3.05) is 5.75 Å². The van der Waals surface area contributed by atoms with Crippen molar-refractivity contribution in [1.29, 1.82) is 0 Å². The van der Waals surface area contributed by atoms with Gasteiger partial charge in [0.2, 0.25) is 0 Å². The normalized spacial score (nSPS) is 12.3. The first-order valence-electron chi connectivity index (χ1n) is 2.73. The first kappa shape index (κ1) is 9.91. The topological polar surface area (TPSA) is 26.3 Å². The zero-order valence-corrected chi connectivity index (χ0v) is 7.49. The highest BCUT2D eigenvalue weighted by molar-refractivity contribution is 7.84. The van der Waals surface area contributed by atoms with Gasteiger partial charge in [-0.15, -0.1) is 12.6 Å². The first-order chi connectivity index (χ1) is 4.57. The smallest absolute Gasteiger partial charge is 0.334 e. The molecule has 0 bridgehead atoms. The highest BCUT2D eigenvalue weighted by Gasteiger charge is 2.07. The molecule has 0 fully saturated rings. The summed E-state index contributed by atoms with van der Waals surface area (Å²) in [4.78, 5) is 10.7. The molecule has 0 rings (SSSR count). The molecule has 0 aliphatic rings. The largest absolute Gasteiger partial charge is 0.447 e. The van der Waals surface area contributed by atoms with E-state index in [0.29, 0.717) is 11.3 Å². The molecule has 0 amide bonds. The number of rotatable bonds is 3. The zero-order chi connectivity index (χ0) is 8.15. The second-order valence-electron chi connectivity index (χ2n) is 1.82. The maximum absolute atomic E-state index is 10.7. The molecule has 1 atom stereocenters. The molecule has 0 aromatic heterocycles. The summed E-state index contributed by atoms with van der Waals surface area (Å²) in [6.45, 7) is 4.99. The fourth-order valence-electron chi connectivity index (χ4n) is 0.261. The SMILES string of the molecule is C=C(C)C(=O)OC(S)CS. The summed E-state index contributed by atoms with van der Waals surface area (Å²) in [6.07, 6.45) is 0. The minimum atomic E-state index is -0.437. The van der Waals surface area contributed by atoms with Crippen molar-refractivity contribution in [3.05, 3.63) is 12.2 Å². The highest BCUT2D eigenvalue weighted by atomic mass is 32.1. The Balaban J connectivity index is 3.68. The van der Waals surface area contributed by atoms with Crippen molar-refractivity contribution in [2.24, 2.45) is 0 Å². The van der Waals surface area contributed by atoms with Crippen LogP contribution in [0.2, 0.25) is 0 Å². The Bertz CT molecular complexity index is 145. The van der Waals surface area contributed by atoms with Gasteiger partial charge < -0.3 is 4.74 Å². The van der Waals surface area contributed by atoms with Crippen LogP contribution >= 0.6 is 25.3 Å². The van der Waals surface area contributed by atoms with Crippen molar-refractivity contribution in [3.8, 4) is 0 Å². The molecule has 0 aromatic rings. The van der Waals surface area contributed by atoms with Gasteiger partial charge in [0.25, 0.3) is 0 Å². The quantitative estimate of drug-likeness (QED) is 0.295. The van der Waals surface area contributed by atoms with Crippen LogP contribution < -0.4 is 0 Å². The fourth-order valence-corrected chi connectivity index (χ4v) is 0.432. The average molecular weight is 178 g/mol. The predicted molar refractivity (Wildman–Crippen MR) is 47.5 cm³/mol. The molecule has 0 heterocycles. The van der Waals surface area contributed by atoms with Gasteiger partial charge in [-0.05, 0) is 6.92 Å². The Hall–Kier alpha value is -0.0900. The zero-order valence-electron chi connectivity index (χ0n) is 5.70. The molecule has 10 heavy (non-hydrogen) atoms. The van der Waals surface area contributed by atoms with Gasteiger partial charge in [0.15, 0.2) is 5.44 Å². The van der Waals surface area contributed by atoms with Gasteiger partial charge in [0, 0.05) is 11.3 Å². The van der Waals surface area contributed by atoms with E-state index >= 15 is 0 Å². The van der Waals surface area contributed by atoms with E-state index in [0.717, 1.165) is 0 Å². The van der Waals surface area contributed by atoms with E-state index in [4.69, 9.17) is 4.74 Å². The van der Waals surface area contributed by atoms with Crippen LogP contribution in [0.5, 0.6) is 0 Å². The van der Waals surface area contributed by atoms with Gasteiger partial charge in [-0.25, -0.2) is 4.79 Å². The number of ether oxygens (including phenoxy) is 1. The van der Waals surface area contributed by atoms with Crippen LogP contribution in [0.25, 0.3) is 0 Å². The Morgan fingerprint density at radius 2 is 2.30 bits per heavy atom. The van der Waals surface area contributed by atoms with Crippen LogP contribution in [0.15, 0.2) is 12.2 Å². The van der Waals surface area contributed by atoms with E-state index in [1.807, 2.05) is 0 Å². The standard InChI is InChI=1S/C6H10O2S2/c1-4(2)6(7)8-5(10)3-9/h5,9-10H,1,3H2,2H3. The van der Waals surface area contributed by atoms with Crippen LogP contribution in [-0.4, -0.2) is 17.2 Å². The Labute approximate surface area is 71.5 Å². The summed E-state index contributed by atoms with van der Waals surface area (Å²) in [7, 11) is 0.